The van der Waals surface area contributed by atoms with Gasteiger partial charge in [-0.15, -0.1) is 0 Å². The fourth-order valence-electron chi connectivity index (χ4n) is 3.14. The number of likely N-dealkylation sites (tertiary alicyclic amines) is 1. The zero-order chi connectivity index (χ0) is 14.7. The molecule has 3 rings (SSSR count). The molecule has 2 unspecified atom stereocenters. The predicted molar refractivity (Wildman–Crippen MR) is 79.1 cm³/mol. The maximum atomic E-state index is 12.2. The van der Waals surface area contributed by atoms with E-state index < -0.39 is 0 Å². The van der Waals surface area contributed by atoms with Crippen molar-refractivity contribution in [3.8, 4) is 5.75 Å². The monoisotopic (exact) mass is 290 g/mol. The van der Waals surface area contributed by atoms with Gasteiger partial charge in [0.15, 0.2) is 0 Å². The maximum Gasteiger partial charge on any atom is 0.234 e. The first-order valence-corrected chi connectivity index (χ1v) is 7.60. The number of nitrogens with one attached hydrogen (secondary N) is 1. The highest BCUT2D eigenvalue weighted by Crippen LogP contribution is 2.31. The lowest BCUT2D eigenvalue weighted by molar-refractivity contribution is -0.123. The molecule has 0 spiro atoms. The quantitative estimate of drug-likeness (QED) is 0.866. The highest BCUT2D eigenvalue weighted by atomic mass is 16.5. The van der Waals surface area contributed by atoms with E-state index in [0.717, 1.165) is 37.2 Å². The molecule has 2 atom stereocenters. The van der Waals surface area contributed by atoms with Crippen LogP contribution in [0.25, 0.3) is 0 Å². The molecular weight excluding hydrogens is 268 g/mol. The molecule has 1 amide bonds. The number of ether oxygens (including phenoxy) is 1. The number of hydrogen-bond acceptors (Lipinski definition) is 4. The second-order valence-electron chi connectivity index (χ2n) is 5.87. The van der Waals surface area contributed by atoms with Gasteiger partial charge in [-0.05, 0) is 24.9 Å². The number of carbonyl (C=O) groups is 1. The smallest absolute Gasteiger partial charge is 0.234 e. The number of carbonyl (C=O) groups excluding carboxylic acids is 1. The zero-order valence-electron chi connectivity index (χ0n) is 12.1. The molecule has 0 saturated carbocycles. The van der Waals surface area contributed by atoms with E-state index >= 15 is 0 Å². The van der Waals surface area contributed by atoms with Gasteiger partial charge in [0.05, 0.1) is 19.2 Å². The average Bonchev–Trinajstić information content (AvgIpc) is 2.95. The van der Waals surface area contributed by atoms with Crippen LogP contribution in [0.1, 0.15) is 24.4 Å². The zero-order valence-corrected chi connectivity index (χ0v) is 12.1. The Balaban J connectivity index is 1.56. The Hall–Kier alpha value is -1.59. The van der Waals surface area contributed by atoms with Gasteiger partial charge < -0.3 is 15.2 Å². The largest absolute Gasteiger partial charge is 0.493 e. The summed E-state index contributed by atoms with van der Waals surface area (Å²) in [5.74, 6) is 1.24. The van der Waals surface area contributed by atoms with Crippen molar-refractivity contribution < 1.29 is 14.6 Å². The highest BCUT2D eigenvalue weighted by Gasteiger charge is 2.26. The highest BCUT2D eigenvalue weighted by molar-refractivity contribution is 5.78. The minimum atomic E-state index is 0.0405. The van der Waals surface area contributed by atoms with E-state index in [0.29, 0.717) is 19.1 Å². The molecule has 0 radical (unpaired) electrons. The van der Waals surface area contributed by atoms with E-state index in [1.165, 1.54) is 0 Å². The molecule has 1 fully saturated rings. The summed E-state index contributed by atoms with van der Waals surface area (Å²) in [6.07, 6.45) is 1.78. The molecule has 1 saturated heterocycles. The average molecular weight is 290 g/mol. The number of nitrogens with zero attached hydrogens (tertiary/aromatic N) is 1. The fraction of sp³-hybridized carbons (Fsp3) is 0.562. The van der Waals surface area contributed by atoms with Crippen LogP contribution in [-0.2, 0) is 4.79 Å². The van der Waals surface area contributed by atoms with Crippen LogP contribution in [-0.4, -0.2) is 48.8 Å². The lowest BCUT2D eigenvalue weighted by Gasteiger charge is -2.27. The molecule has 5 heteroatoms. The molecular formula is C16H22N2O3. The second kappa shape index (κ2) is 6.45. The van der Waals surface area contributed by atoms with Crippen molar-refractivity contribution in [1.29, 1.82) is 0 Å². The summed E-state index contributed by atoms with van der Waals surface area (Å²) in [6.45, 7) is 2.97. The van der Waals surface area contributed by atoms with E-state index in [-0.39, 0.29) is 18.6 Å². The molecule has 1 aromatic carbocycles. The Labute approximate surface area is 124 Å². The van der Waals surface area contributed by atoms with Crippen LogP contribution in [0.5, 0.6) is 5.75 Å². The molecule has 2 N–H and O–H groups in total. The van der Waals surface area contributed by atoms with Gasteiger partial charge in [0.1, 0.15) is 5.75 Å². The van der Waals surface area contributed by atoms with Gasteiger partial charge in [-0.3, -0.25) is 9.69 Å². The van der Waals surface area contributed by atoms with Crippen LogP contribution < -0.4 is 10.1 Å². The minimum Gasteiger partial charge on any atom is -0.493 e. The molecule has 0 bridgehead atoms. The fourth-order valence-corrected chi connectivity index (χ4v) is 3.14. The molecule has 0 aliphatic carbocycles. The SMILES string of the molecule is O=C(CN1CCC(CO)C1)NC1CCOc2ccccc21. The summed E-state index contributed by atoms with van der Waals surface area (Å²) in [5.41, 5.74) is 1.06. The number of benzene rings is 1. The Morgan fingerprint density at radius 1 is 1.38 bits per heavy atom. The second-order valence-corrected chi connectivity index (χ2v) is 5.87. The summed E-state index contributed by atoms with van der Waals surface area (Å²) in [4.78, 5) is 14.3. The number of fused-ring (bicyclic) bond motifs is 1. The van der Waals surface area contributed by atoms with Crippen molar-refractivity contribution in [2.75, 3.05) is 32.8 Å². The van der Waals surface area contributed by atoms with Gasteiger partial charge in [-0.1, -0.05) is 18.2 Å². The van der Waals surface area contributed by atoms with Crippen molar-refractivity contribution in [2.24, 2.45) is 5.92 Å². The van der Waals surface area contributed by atoms with Crippen molar-refractivity contribution >= 4 is 5.91 Å². The molecule has 114 valence electrons. The van der Waals surface area contributed by atoms with Crippen LogP contribution in [0.15, 0.2) is 24.3 Å². The lowest BCUT2D eigenvalue weighted by Crippen LogP contribution is -2.39. The van der Waals surface area contributed by atoms with Crippen molar-refractivity contribution in [1.82, 2.24) is 10.2 Å². The number of aliphatic hydroxyl groups is 1. The van der Waals surface area contributed by atoms with E-state index in [9.17, 15) is 4.79 Å². The summed E-state index contributed by atoms with van der Waals surface area (Å²) in [6, 6.07) is 7.91. The van der Waals surface area contributed by atoms with Crippen molar-refractivity contribution in [3.63, 3.8) is 0 Å². The van der Waals surface area contributed by atoms with Crippen molar-refractivity contribution in [2.45, 2.75) is 18.9 Å². The maximum absolute atomic E-state index is 12.2. The third kappa shape index (κ3) is 3.36. The molecule has 5 nitrogen and oxygen atoms in total. The van der Waals surface area contributed by atoms with Crippen LogP contribution in [0.2, 0.25) is 0 Å². The third-order valence-electron chi connectivity index (χ3n) is 4.29. The first kappa shape index (κ1) is 14.4. The molecule has 2 aliphatic heterocycles. The molecule has 0 aromatic heterocycles. The van der Waals surface area contributed by atoms with Gasteiger partial charge in [0, 0.05) is 25.1 Å². The number of aliphatic hydroxyl groups excluding tert-OH is 1. The lowest BCUT2D eigenvalue weighted by atomic mass is 10.0. The Kier molecular flexibility index (Phi) is 4.41. The van der Waals surface area contributed by atoms with Crippen LogP contribution in [0, 0.1) is 5.92 Å². The van der Waals surface area contributed by atoms with Crippen LogP contribution >= 0.6 is 0 Å². The molecule has 2 heterocycles. The number of hydrogen-bond donors (Lipinski definition) is 2. The number of amides is 1. The van der Waals surface area contributed by atoms with Crippen LogP contribution in [0.3, 0.4) is 0 Å². The van der Waals surface area contributed by atoms with E-state index in [2.05, 4.69) is 10.2 Å². The molecule has 21 heavy (non-hydrogen) atoms. The normalized spacial score (nSPS) is 25.2. The summed E-state index contributed by atoms with van der Waals surface area (Å²) >= 11 is 0. The Morgan fingerprint density at radius 3 is 3.05 bits per heavy atom. The first-order chi connectivity index (χ1) is 10.3. The van der Waals surface area contributed by atoms with Gasteiger partial charge >= 0.3 is 0 Å². The Bertz CT molecular complexity index is 506. The van der Waals surface area contributed by atoms with Gasteiger partial charge in [-0.2, -0.15) is 0 Å². The molecule has 1 aromatic rings. The van der Waals surface area contributed by atoms with E-state index in [1.807, 2.05) is 24.3 Å². The minimum absolute atomic E-state index is 0.0405. The third-order valence-corrected chi connectivity index (χ3v) is 4.29. The van der Waals surface area contributed by atoms with Crippen LogP contribution in [0.4, 0.5) is 0 Å². The number of para-hydroxylation sites is 1. The Morgan fingerprint density at radius 2 is 2.24 bits per heavy atom. The van der Waals surface area contributed by atoms with E-state index in [1.54, 1.807) is 0 Å². The number of rotatable bonds is 4. The van der Waals surface area contributed by atoms with Gasteiger partial charge in [0.2, 0.25) is 5.91 Å². The summed E-state index contributed by atoms with van der Waals surface area (Å²) in [7, 11) is 0. The molecule has 2 aliphatic rings. The van der Waals surface area contributed by atoms with Crippen molar-refractivity contribution in [3.05, 3.63) is 29.8 Å². The predicted octanol–water partition coefficient (Wildman–Crippen LogP) is 0.941. The standard InChI is InChI=1S/C16H22N2O3/c19-11-12-5-7-18(9-12)10-16(20)17-14-6-8-21-15-4-2-1-3-13(14)15/h1-4,12,14,19H,5-11H2,(H,17,20). The van der Waals surface area contributed by atoms with Gasteiger partial charge in [0.25, 0.3) is 0 Å². The summed E-state index contributed by atoms with van der Waals surface area (Å²) < 4.78 is 5.61. The van der Waals surface area contributed by atoms with E-state index in [4.69, 9.17) is 9.84 Å². The summed E-state index contributed by atoms with van der Waals surface area (Å²) in [5, 5.41) is 12.3. The topological polar surface area (TPSA) is 61.8 Å². The van der Waals surface area contributed by atoms with Gasteiger partial charge in [-0.25, -0.2) is 0 Å². The first-order valence-electron chi connectivity index (χ1n) is 7.60.